The quantitative estimate of drug-likeness (QED) is 0.876. The SMILES string of the molecule is CCc1nnc(NC(=O)/C=C/c2ccc(C)c(Cl)c2)s1. The zero-order chi connectivity index (χ0) is 14.5. The highest BCUT2D eigenvalue weighted by molar-refractivity contribution is 7.15. The van der Waals surface area contributed by atoms with Crippen LogP contribution in [0.15, 0.2) is 24.3 Å². The van der Waals surface area contributed by atoms with Crippen LogP contribution in [0.4, 0.5) is 5.13 Å². The number of aromatic nitrogens is 2. The molecule has 0 radical (unpaired) electrons. The number of halogens is 1. The number of hydrogen-bond acceptors (Lipinski definition) is 4. The minimum absolute atomic E-state index is 0.236. The lowest BCUT2D eigenvalue weighted by atomic mass is 10.1. The summed E-state index contributed by atoms with van der Waals surface area (Å²) in [5, 5.41) is 12.6. The second-order valence-corrected chi connectivity index (χ2v) is 5.65. The largest absolute Gasteiger partial charge is 0.297 e. The first kappa shape index (κ1) is 14.7. The third-order valence-corrected chi connectivity index (χ3v) is 4.01. The van der Waals surface area contributed by atoms with E-state index in [0.717, 1.165) is 22.6 Å². The number of carbonyl (C=O) groups is 1. The number of nitrogens with zero attached hydrogens (tertiary/aromatic N) is 2. The van der Waals surface area contributed by atoms with Crippen LogP contribution in [0.5, 0.6) is 0 Å². The Morgan fingerprint density at radius 3 is 2.90 bits per heavy atom. The van der Waals surface area contributed by atoms with Crippen molar-refractivity contribution in [1.82, 2.24) is 10.2 Å². The van der Waals surface area contributed by atoms with E-state index in [0.29, 0.717) is 10.2 Å². The van der Waals surface area contributed by atoms with Gasteiger partial charge in [0.25, 0.3) is 0 Å². The molecule has 104 valence electrons. The molecular formula is C14H14ClN3OS. The van der Waals surface area contributed by atoms with Crippen molar-refractivity contribution in [1.29, 1.82) is 0 Å². The molecule has 4 nitrogen and oxygen atoms in total. The molecule has 0 spiro atoms. The smallest absolute Gasteiger partial charge is 0.250 e. The summed E-state index contributed by atoms with van der Waals surface area (Å²) in [6.07, 6.45) is 3.97. The van der Waals surface area contributed by atoms with E-state index in [9.17, 15) is 4.79 Å². The molecular weight excluding hydrogens is 294 g/mol. The summed E-state index contributed by atoms with van der Waals surface area (Å²) in [5.74, 6) is -0.236. The maximum Gasteiger partial charge on any atom is 0.250 e. The fourth-order valence-electron chi connectivity index (χ4n) is 1.48. The number of carbonyl (C=O) groups excluding carboxylic acids is 1. The maximum absolute atomic E-state index is 11.7. The van der Waals surface area contributed by atoms with Gasteiger partial charge in [0.1, 0.15) is 5.01 Å². The zero-order valence-corrected chi connectivity index (χ0v) is 12.8. The molecule has 0 aliphatic rings. The molecule has 6 heteroatoms. The third-order valence-electron chi connectivity index (χ3n) is 2.62. The summed E-state index contributed by atoms with van der Waals surface area (Å²) in [6.45, 7) is 3.93. The Bertz CT molecular complexity index is 652. The first-order valence-corrected chi connectivity index (χ1v) is 7.35. The summed E-state index contributed by atoms with van der Waals surface area (Å²) in [5.41, 5.74) is 1.89. The minimum atomic E-state index is -0.236. The van der Waals surface area contributed by atoms with Crippen LogP contribution in [0.3, 0.4) is 0 Å². The summed E-state index contributed by atoms with van der Waals surface area (Å²) >= 11 is 7.40. The Balaban J connectivity index is 1.99. The Hall–Kier alpha value is -1.72. The van der Waals surface area contributed by atoms with Gasteiger partial charge in [-0.3, -0.25) is 10.1 Å². The number of nitrogens with one attached hydrogen (secondary N) is 1. The standard InChI is InChI=1S/C14H14ClN3OS/c1-3-13-17-18-14(20-13)16-12(19)7-6-10-5-4-9(2)11(15)8-10/h4-8H,3H2,1-2H3,(H,16,18,19)/b7-6+. The van der Waals surface area contributed by atoms with Gasteiger partial charge < -0.3 is 0 Å². The van der Waals surface area contributed by atoms with Crippen molar-refractivity contribution in [3.63, 3.8) is 0 Å². The van der Waals surface area contributed by atoms with Gasteiger partial charge in [0.2, 0.25) is 11.0 Å². The van der Waals surface area contributed by atoms with E-state index in [1.165, 1.54) is 17.4 Å². The number of anilines is 1. The lowest BCUT2D eigenvalue weighted by molar-refractivity contribution is -0.111. The third kappa shape index (κ3) is 3.88. The molecule has 0 aliphatic heterocycles. The van der Waals surface area contributed by atoms with E-state index in [1.54, 1.807) is 6.08 Å². The topological polar surface area (TPSA) is 54.9 Å². The molecule has 1 heterocycles. The van der Waals surface area contributed by atoms with Crippen molar-refractivity contribution in [3.8, 4) is 0 Å². The van der Waals surface area contributed by atoms with Crippen molar-refractivity contribution in [2.24, 2.45) is 0 Å². The highest BCUT2D eigenvalue weighted by Gasteiger charge is 2.04. The molecule has 1 aromatic carbocycles. The first-order valence-electron chi connectivity index (χ1n) is 6.16. The van der Waals surface area contributed by atoms with Crippen molar-refractivity contribution in [2.75, 3.05) is 5.32 Å². The lowest BCUT2D eigenvalue weighted by Crippen LogP contribution is -2.07. The van der Waals surface area contributed by atoms with Gasteiger partial charge >= 0.3 is 0 Å². The van der Waals surface area contributed by atoms with Gasteiger partial charge in [0.05, 0.1) is 0 Å². The lowest BCUT2D eigenvalue weighted by Gasteiger charge is -1.99. The number of amides is 1. The molecule has 0 atom stereocenters. The Kier molecular flexibility index (Phi) is 4.87. The van der Waals surface area contributed by atoms with Gasteiger partial charge in [-0.15, -0.1) is 10.2 Å². The van der Waals surface area contributed by atoms with E-state index in [4.69, 9.17) is 11.6 Å². The first-order chi connectivity index (χ1) is 9.58. The van der Waals surface area contributed by atoms with Crippen LogP contribution in [0.25, 0.3) is 6.08 Å². The van der Waals surface area contributed by atoms with Crippen LogP contribution in [0.2, 0.25) is 5.02 Å². The van der Waals surface area contributed by atoms with E-state index < -0.39 is 0 Å². The van der Waals surface area contributed by atoms with Crippen molar-refractivity contribution in [3.05, 3.63) is 45.4 Å². The predicted octanol–water partition coefficient (Wildman–Crippen LogP) is 3.71. The molecule has 20 heavy (non-hydrogen) atoms. The molecule has 0 bridgehead atoms. The normalized spacial score (nSPS) is 10.9. The fraction of sp³-hybridized carbons (Fsp3) is 0.214. The van der Waals surface area contributed by atoms with Crippen molar-refractivity contribution < 1.29 is 4.79 Å². The molecule has 0 saturated carbocycles. The second kappa shape index (κ2) is 6.63. The van der Waals surface area contributed by atoms with Crippen LogP contribution in [0.1, 0.15) is 23.1 Å². The van der Waals surface area contributed by atoms with Gasteiger partial charge in [-0.25, -0.2) is 0 Å². The summed E-state index contributed by atoms with van der Waals surface area (Å²) in [7, 11) is 0. The Morgan fingerprint density at radius 1 is 1.45 bits per heavy atom. The number of aryl methyl sites for hydroxylation is 2. The highest BCUT2D eigenvalue weighted by atomic mass is 35.5. The second-order valence-electron chi connectivity index (χ2n) is 4.19. The molecule has 2 rings (SSSR count). The maximum atomic E-state index is 11.7. The van der Waals surface area contributed by atoms with Crippen LogP contribution < -0.4 is 5.32 Å². The van der Waals surface area contributed by atoms with E-state index in [-0.39, 0.29) is 5.91 Å². The van der Waals surface area contributed by atoms with Crippen LogP contribution in [-0.2, 0) is 11.2 Å². The molecule has 1 N–H and O–H groups in total. The zero-order valence-electron chi connectivity index (χ0n) is 11.2. The summed E-state index contributed by atoms with van der Waals surface area (Å²) in [4.78, 5) is 11.7. The molecule has 0 saturated heterocycles. The number of rotatable bonds is 4. The van der Waals surface area contributed by atoms with Crippen LogP contribution in [0, 0.1) is 6.92 Å². The summed E-state index contributed by atoms with van der Waals surface area (Å²) in [6, 6.07) is 5.64. The average Bonchev–Trinajstić information content (AvgIpc) is 2.88. The van der Waals surface area contributed by atoms with Crippen LogP contribution in [-0.4, -0.2) is 16.1 Å². The minimum Gasteiger partial charge on any atom is -0.297 e. The van der Waals surface area contributed by atoms with Gasteiger partial charge in [-0.1, -0.05) is 42.0 Å². The van der Waals surface area contributed by atoms with Crippen LogP contribution >= 0.6 is 22.9 Å². The summed E-state index contributed by atoms with van der Waals surface area (Å²) < 4.78 is 0. The Morgan fingerprint density at radius 2 is 2.25 bits per heavy atom. The van der Waals surface area contributed by atoms with E-state index in [2.05, 4.69) is 15.5 Å². The molecule has 0 unspecified atom stereocenters. The van der Waals surface area contributed by atoms with Gasteiger partial charge in [0.15, 0.2) is 0 Å². The van der Waals surface area contributed by atoms with Crippen molar-refractivity contribution >= 4 is 40.1 Å². The van der Waals surface area contributed by atoms with Gasteiger partial charge in [0, 0.05) is 11.1 Å². The Labute approximate surface area is 126 Å². The molecule has 1 amide bonds. The molecule has 1 aromatic heterocycles. The van der Waals surface area contributed by atoms with Crippen molar-refractivity contribution in [2.45, 2.75) is 20.3 Å². The monoisotopic (exact) mass is 307 g/mol. The molecule has 0 fully saturated rings. The average molecular weight is 308 g/mol. The predicted molar refractivity (Wildman–Crippen MR) is 83.1 cm³/mol. The fourth-order valence-corrected chi connectivity index (χ4v) is 2.35. The molecule has 2 aromatic rings. The van der Waals surface area contributed by atoms with E-state index in [1.807, 2.05) is 32.0 Å². The number of hydrogen-bond donors (Lipinski definition) is 1. The van der Waals surface area contributed by atoms with Gasteiger partial charge in [-0.05, 0) is 36.6 Å². The highest BCUT2D eigenvalue weighted by Crippen LogP contribution is 2.18. The van der Waals surface area contributed by atoms with Gasteiger partial charge in [-0.2, -0.15) is 0 Å². The van der Waals surface area contributed by atoms with E-state index >= 15 is 0 Å². The molecule has 0 aliphatic carbocycles. The number of benzene rings is 1.